The van der Waals surface area contributed by atoms with Crippen molar-refractivity contribution in [3.8, 4) is 0 Å². The van der Waals surface area contributed by atoms with Crippen LogP contribution in [0.5, 0.6) is 0 Å². The number of benzene rings is 2. The Hall–Kier alpha value is -1.94. The Bertz CT molecular complexity index is 1140. The van der Waals surface area contributed by atoms with Gasteiger partial charge in [-0.3, -0.25) is 4.79 Å². The summed E-state index contributed by atoms with van der Waals surface area (Å²) in [6.45, 7) is 6.55. The minimum absolute atomic E-state index is 0.00735. The van der Waals surface area contributed by atoms with Crippen LogP contribution in [0.3, 0.4) is 0 Å². The van der Waals surface area contributed by atoms with E-state index in [1.54, 1.807) is 32.9 Å². The summed E-state index contributed by atoms with van der Waals surface area (Å²) in [6.07, 6.45) is 0. The van der Waals surface area contributed by atoms with Gasteiger partial charge in [0.2, 0.25) is 10.0 Å². The second-order valence-electron chi connectivity index (χ2n) is 7.35. The summed E-state index contributed by atoms with van der Waals surface area (Å²) in [5.74, 6) is -0.783. The minimum atomic E-state index is -3.97. The predicted molar refractivity (Wildman–Crippen MR) is 114 cm³/mol. The van der Waals surface area contributed by atoms with Crippen LogP contribution in [-0.4, -0.2) is 34.0 Å². The molecule has 0 aliphatic heterocycles. The minimum Gasteiger partial charge on any atom is -0.321 e. The van der Waals surface area contributed by atoms with Crippen LogP contribution >= 0.6 is 11.6 Å². The van der Waals surface area contributed by atoms with Crippen molar-refractivity contribution in [1.82, 2.24) is 4.72 Å². The van der Waals surface area contributed by atoms with Gasteiger partial charge < -0.3 is 5.32 Å². The second kappa shape index (κ2) is 8.43. The van der Waals surface area contributed by atoms with Crippen molar-refractivity contribution in [3.63, 3.8) is 0 Å². The van der Waals surface area contributed by atoms with Crippen LogP contribution in [0.4, 0.5) is 5.69 Å². The number of nitrogens with one attached hydrogen (secondary N) is 2. The van der Waals surface area contributed by atoms with Crippen molar-refractivity contribution in [2.75, 3.05) is 11.1 Å². The Morgan fingerprint density at radius 2 is 1.62 bits per heavy atom. The molecule has 10 heteroatoms. The van der Waals surface area contributed by atoms with Gasteiger partial charge in [0, 0.05) is 11.1 Å². The maximum absolute atomic E-state index is 12.7. The topological polar surface area (TPSA) is 109 Å². The van der Waals surface area contributed by atoms with Gasteiger partial charge in [0.15, 0.2) is 9.84 Å². The number of sulfonamides is 1. The van der Waals surface area contributed by atoms with Crippen molar-refractivity contribution < 1.29 is 21.6 Å². The van der Waals surface area contributed by atoms with Crippen molar-refractivity contribution >= 4 is 43.1 Å². The summed E-state index contributed by atoms with van der Waals surface area (Å²) in [6, 6.07) is 9.85. The van der Waals surface area contributed by atoms with Crippen molar-refractivity contribution in [3.05, 3.63) is 53.1 Å². The lowest BCUT2D eigenvalue weighted by Crippen LogP contribution is -2.40. The Morgan fingerprint density at radius 1 is 1.00 bits per heavy atom. The number of rotatable bonds is 6. The molecule has 158 valence electrons. The van der Waals surface area contributed by atoms with Crippen LogP contribution in [0.25, 0.3) is 0 Å². The number of hydrogen-bond donors (Lipinski definition) is 2. The zero-order valence-corrected chi connectivity index (χ0v) is 18.9. The van der Waals surface area contributed by atoms with Gasteiger partial charge in [-0.2, -0.15) is 0 Å². The molecule has 0 aliphatic carbocycles. The second-order valence-corrected chi connectivity index (χ2v) is 11.7. The Balaban J connectivity index is 2.43. The fourth-order valence-corrected chi connectivity index (χ4v) is 5.50. The summed E-state index contributed by atoms with van der Waals surface area (Å²) < 4.78 is 52.2. The number of amides is 1. The highest BCUT2D eigenvalue weighted by Gasteiger charge is 2.26. The van der Waals surface area contributed by atoms with E-state index in [4.69, 9.17) is 11.6 Å². The fraction of sp³-hybridized carbons (Fsp3) is 0.316. The van der Waals surface area contributed by atoms with Crippen LogP contribution in [0, 0.1) is 0 Å². The van der Waals surface area contributed by atoms with E-state index in [0.717, 1.165) is 6.07 Å². The zero-order chi connectivity index (χ0) is 22.0. The van der Waals surface area contributed by atoms with E-state index in [2.05, 4.69) is 10.0 Å². The van der Waals surface area contributed by atoms with Crippen molar-refractivity contribution in [1.29, 1.82) is 0 Å². The molecule has 2 rings (SSSR count). The molecular formula is C19H23ClN2O5S2. The highest BCUT2D eigenvalue weighted by Crippen LogP contribution is 2.26. The van der Waals surface area contributed by atoms with Gasteiger partial charge in [0.05, 0.1) is 21.4 Å². The number of halogens is 1. The Kier molecular flexibility index (Phi) is 6.79. The highest BCUT2D eigenvalue weighted by atomic mass is 35.5. The first-order chi connectivity index (χ1) is 13.3. The molecule has 0 saturated carbocycles. The number of para-hydroxylation sites is 1. The third-order valence-electron chi connectivity index (χ3n) is 3.77. The Labute approximate surface area is 176 Å². The standard InChI is InChI=1S/C19H23ClN2O5S2/c1-5-28(24,25)16-9-7-6-8-15(16)21-18(23)13-10-11-14(20)17(12-13)29(26,27)22-19(2,3)4/h6-12,22H,5H2,1-4H3,(H,21,23). The number of carbonyl (C=O) groups excluding carboxylic acids is 1. The highest BCUT2D eigenvalue weighted by molar-refractivity contribution is 7.91. The van der Waals surface area contributed by atoms with Crippen molar-refractivity contribution in [2.45, 2.75) is 43.0 Å². The molecule has 0 bridgehead atoms. The van der Waals surface area contributed by atoms with Crippen molar-refractivity contribution in [2.24, 2.45) is 0 Å². The van der Waals surface area contributed by atoms with Gasteiger partial charge in [-0.25, -0.2) is 21.6 Å². The molecule has 1 amide bonds. The third-order valence-corrected chi connectivity index (χ3v) is 7.80. The van der Waals surface area contributed by atoms with E-state index < -0.39 is 31.3 Å². The normalized spacial score (nSPS) is 12.6. The first-order valence-electron chi connectivity index (χ1n) is 8.73. The largest absolute Gasteiger partial charge is 0.321 e. The Morgan fingerprint density at radius 3 is 2.21 bits per heavy atom. The maximum atomic E-state index is 12.7. The van der Waals surface area contributed by atoms with Gasteiger partial charge in [0.1, 0.15) is 4.90 Å². The van der Waals surface area contributed by atoms with Gasteiger partial charge >= 0.3 is 0 Å². The van der Waals surface area contributed by atoms with E-state index in [1.807, 2.05) is 0 Å². The summed E-state index contributed by atoms with van der Waals surface area (Å²) >= 11 is 6.05. The summed E-state index contributed by atoms with van der Waals surface area (Å²) in [7, 11) is -7.53. The number of sulfone groups is 1. The molecule has 0 heterocycles. The quantitative estimate of drug-likeness (QED) is 0.688. The van der Waals surface area contributed by atoms with Gasteiger partial charge in [-0.15, -0.1) is 0 Å². The molecule has 0 radical (unpaired) electrons. The molecule has 0 atom stereocenters. The summed E-state index contributed by atoms with van der Waals surface area (Å²) in [5.41, 5.74) is -0.604. The van der Waals surface area contributed by atoms with E-state index >= 15 is 0 Å². The molecule has 0 saturated heterocycles. The molecule has 0 spiro atoms. The van der Waals surface area contributed by atoms with Gasteiger partial charge in [-0.1, -0.05) is 30.7 Å². The summed E-state index contributed by atoms with van der Waals surface area (Å²) in [4.78, 5) is 12.4. The van der Waals surface area contributed by atoms with Crippen LogP contribution in [0.15, 0.2) is 52.3 Å². The molecule has 0 aliphatic rings. The average Bonchev–Trinajstić information content (AvgIpc) is 2.60. The molecule has 2 aromatic carbocycles. The average molecular weight is 459 g/mol. The molecule has 0 aromatic heterocycles. The molecule has 2 N–H and O–H groups in total. The number of hydrogen-bond acceptors (Lipinski definition) is 5. The SMILES string of the molecule is CCS(=O)(=O)c1ccccc1NC(=O)c1ccc(Cl)c(S(=O)(=O)NC(C)(C)C)c1. The maximum Gasteiger partial charge on any atom is 0.255 e. The van der Waals surface area contributed by atoms with E-state index in [1.165, 1.54) is 31.2 Å². The van der Waals surface area contributed by atoms with Gasteiger partial charge in [-0.05, 0) is 51.1 Å². The van der Waals surface area contributed by atoms with Crippen LogP contribution in [0.1, 0.15) is 38.1 Å². The molecular weight excluding hydrogens is 436 g/mol. The van der Waals surface area contributed by atoms with Crippen LogP contribution in [0.2, 0.25) is 5.02 Å². The molecule has 0 fully saturated rings. The fourth-order valence-electron chi connectivity index (χ4n) is 2.50. The van der Waals surface area contributed by atoms with E-state index in [0.29, 0.717) is 0 Å². The zero-order valence-electron chi connectivity index (χ0n) is 16.5. The molecule has 29 heavy (non-hydrogen) atoms. The lowest BCUT2D eigenvalue weighted by molar-refractivity contribution is 0.102. The lowest BCUT2D eigenvalue weighted by Gasteiger charge is -2.21. The van der Waals surface area contributed by atoms with Gasteiger partial charge in [0.25, 0.3) is 5.91 Å². The first-order valence-corrected chi connectivity index (χ1v) is 12.2. The number of anilines is 1. The third kappa shape index (κ3) is 5.79. The molecule has 0 unspecified atom stereocenters. The molecule has 7 nitrogen and oxygen atoms in total. The molecule has 2 aromatic rings. The lowest BCUT2D eigenvalue weighted by atomic mass is 10.1. The predicted octanol–water partition coefficient (Wildman–Crippen LogP) is 3.46. The first kappa shape index (κ1) is 23.3. The smallest absolute Gasteiger partial charge is 0.255 e. The summed E-state index contributed by atoms with van der Waals surface area (Å²) in [5, 5.41) is 2.50. The monoisotopic (exact) mass is 458 g/mol. The van der Waals surface area contributed by atoms with E-state index in [9.17, 15) is 21.6 Å². The van der Waals surface area contributed by atoms with E-state index in [-0.39, 0.29) is 31.8 Å². The number of carbonyl (C=O) groups is 1. The van der Waals surface area contributed by atoms with Crippen LogP contribution in [-0.2, 0) is 19.9 Å². The van der Waals surface area contributed by atoms with Crippen LogP contribution < -0.4 is 10.0 Å².